The number of unbranched alkanes of at least 4 members (excludes halogenated alkanes) is 1. The molecule has 0 fully saturated rings. The summed E-state index contributed by atoms with van der Waals surface area (Å²) in [5, 5.41) is 0. The molecule has 0 aromatic rings. The molecule has 0 heterocycles. The van der Waals surface area contributed by atoms with Gasteiger partial charge in [-0.3, -0.25) is 0 Å². The molecule has 0 aliphatic heterocycles. The summed E-state index contributed by atoms with van der Waals surface area (Å²) in [6.07, 6.45) is 3.27. The molecule has 0 spiro atoms. The average Bonchev–Trinajstić information content (AvgIpc) is 1.82. The van der Waals surface area contributed by atoms with Gasteiger partial charge in [0.1, 0.15) is 0 Å². The van der Waals surface area contributed by atoms with Crippen LogP contribution in [0.25, 0.3) is 0 Å². The normalized spacial score (nSPS) is 9.00. The summed E-state index contributed by atoms with van der Waals surface area (Å²) in [6.45, 7) is 11.3. The van der Waals surface area contributed by atoms with Crippen molar-refractivity contribution >= 4 is 0 Å². The molecule has 0 rings (SSSR count). The zero-order chi connectivity index (χ0) is 7.98. The van der Waals surface area contributed by atoms with Crippen LogP contribution in [0.2, 0.25) is 0 Å². The van der Waals surface area contributed by atoms with Crippen LogP contribution < -0.4 is 0 Å². The van der Waals surface area contributed by atoms with Crippen molar-refractivity contribution in [3.63, 3.8) is 0 Å². The average molecular weight is 140 g/mol. The smallest absolute Gasteiger partial charge is 0.0964 e. The van der Waals surface area contributed by atoms with Crippen molar-refractivity contribution in [1.29, 1.82) is 0 Å². The molecule has 0 aliphatic carbocycles. The number of rotatable bonds is 5. The van der Waals surface area contributed by atoms with Crippen molar-refractivity contribution in [1.82, 2.24) is 0 Å². The lowest BCUT2D eigenvalue weighted by atomic mass is 10.2. The van der Waals surface area contributed by atoms with Crippen molar-refractivity contribution in [2.75, 3.05) is 0 Å². The summed E-state index contributed by atoms with van der Waals surface area (Å²) in [5.41, 5.74) is 0. The lowest BCUT2D eigenvalue weighted by molar-refractivity contribution is 0.293. The highest BCUT2D eigenvalue weighted by Crippen LogP contribution is 2.09. The quantitative estimate of drug-likeness (QED) is 0.533. The van der Waals surface area contributed by atoms with Crippen LogP contribution in [0, 0.1) is 0 Å². The topological polar surface area (TPSA) is 9.23 Å². The van der Waals surface area contributed by atoms with Gasteiger partial charge in [0.15, 0.2) is 0 Å². The third kappa shape index (κ3) is 5.42. The number of hydrogen-bond donors (Lipinski definition) is 0. The minimum atomic E-state index is 0.723. The number of hydrogen-bond acceptors (Lipinski definition) is 1. The fourth-order valence-electron chi connectivity index (χ4n) is 0.671. The van der Waals surface area contributed by atoms with Gasteiger partial charge in [-0.2, -0.15) is 0 Å². The monoisotopic (exact) mass is 140 g/mol. The van der Waals surface area contributed by atoms with Crippen molar-refractivity contribution in [2.45, 2.75) is 33.1 Å². The van der Waals surface area contributed by atoms with Gasteiger partial charge in [-0.1, -0.05) is 26.5 Å². The van der Waals surface area contributed by atoms with Gasteiger partial charge in [-0.15, -0.1) is 0 Å². The molecular formula is C9H16O. The third-order valence-electron chi connectivity index (χ3n) is 1.13. The summed E-state index contributed by atoms with van der Waals surface area (Å²) in [7, 11) is 0. The van der Waals surface area contributed by atoms with E-state index in [0.29, 0.717) is 0 Å². The molecule has 0 saturated carbocycles. The van der Waals surface area contributed by atoms with Crippen LogP contribution in [0.4, 0.5) is 0 Å². The van der Waals surface area contributed by atoms with Gasteiger partial charge in [-0.05, 0) is 13.3 Å². The van der Waals surface area contributed by atoms with Gasteiger partial charge in [0, 0.05) is 6.42 Å². The van der Waals surface area contributed by atoms with E-state index in [1.165, 1.54) is 6.42 Å². The standard InChI is InChI=1S/C9H16O/c1-5-6-7-9(4)10-8(2)3/h2,4-7H2,1,3H3. The highest BCUT2D eigenvalue weighted by molar-refractivity contribution is 4.89. The molecule has 0 N–H and O–H groups in total. The Hall–Kier alpha value is -0.720. The molecular weight excluding hydrogens is 124 g/mol. The predicted molar refractivity (Wildman–Crippen MR) is 44.6 cm³/mol. The fraction of sp³-hybridized carbons (Fsp3) is 0.556. The van der Waals surface area contributed by atoms with Crippen LogP contribution in [0.3, 0.4) is 0 Å². The third-order valence-corrected chi connectivity index (χ3v) is 1.13. The molecule has 0 aromatic carbocycles. The molecule has 1 nitrogen and oxygen atoms in total. The Kier molecular flexibility index (Phi) is 4.73. The largest absolute Gasteiger partial charge is 0.468 e. The van der Waals surface area contributed by atoms with E-state index in [9.17, 15) is 0 Å². The van der Waals surface area contributed by atoms with Gasteiger partial charge < -0.3 is 4.74 Å². The minimum absolute atomic E-state index is 0.723. The lowest BCUT2D eigenvalue weighted by Gasteiger charge is -2.05. The van der Waals surface area contributed by atoms with E-state index in [1.54, 1.807) is 0 Å². The second-order valence-corrected chi connectivity index (χ2v) is 2.45. The Morgan fingerprint density at radius 3 is 2.40 bits per heavy atom. The second-order valence-electron chi connectivity index (χ2n) is 2.45. The van der Waals surface area contributed by atoms with Crippen LogP contribution in [0.1, 0.15) is 33.1 Å². The molecule has 0 radical (unpaired) electrons. The first kappa shape index (κ1) is 9.28. The van der Waals surface area contributed by atoms with E-state index < -0.39 is 0 Å². The molecule has 0 aliphatic rings. The van der Waals surface area contributed by atoms with E-state index in [4.69, 9.17) is 4.74 Å². The van der Waals surface area contributed by atoms with E-state index in [1.807, 2.05) is 6.92 Å². The molecule has 0 amide bonds. The molecule has 58 valence electrons. The summed E-state index contributed by atoms with van der Waals surface area (Å²) >= 11 is 0. The lowest BCUT2D eigenvalue weighted by Crippen LogP contribution is -1.87. The fourth-order valence-corrected chi connectivity index (χ4v) is 0.671. The van der Waals surface area contributed by atoms with Crippen LogP contribution in [-0.2, 0) is 4.74 Å². The first-order valence-electron chi connectivity index (χ1n) is 3.68. The van der Waals surface area contributed by atoms with Crippen molar-refractivity contribution in [3.8, 4) is 0 Å². The Balaban J connectivity index is 3.35. The Morgan fingerprint density at radius 1 is 1.40 bits per heavy atom. The highest BCUT2D eigenvalue weighted by Gasteiger charge is 1.93. The van der Waals surface area contributed by atoms with Gasteiger partial charge >= 0.3 is 0 Å². The first-order valence-corrected chi connectivity index (χ1v) is 3.68. The molecule has 0 unspecified atom stereocenters. The van der Waals surface area contributed by atoms with Crippen molar-refractivity contribution < 1.29 is 4.74 Å². The van der Waals surface area contributed by atoms with Gasteiger partial charge in [0.25, 0.3) is 0 Å². The van der Waals surface area contributed by atoms with Gasteiger partial charge in [0.05, 0.1) is 11.5 Å². The highest BCUT2D eigenvalue weighted by atomic mass is 16.5. The maximum absolute atomic E-state index is 5.16. The summed E-state index contributed by atoms with van der Waals surface area (Å²) in [5.74, 6) is 1.55. The number of allylic oxidation sites excluding steroid dienone is 2. The summed E-state index contributed by atoms with van der Waals surface area (Å²) < 4.78 is 5.16. The van der Waals surface area contributed by atoms with Gasteiger partial charge in [0.2, 0.25) is 0 Å². The summed E-state index contributed by atoms with van der Waals surface area (Å²) in [4.78, 5) is 0. The predicted octanol–water partition coefficient (Wildman–Crippen LogP) is 3.24. The SMILES string of the molecule is C=C(C)OC(=C)CCCC. The summed E-state index contributed by atoms with van der Waals surface area (Å²) in [6, 6.07) is 0. The van der Waals surface area contributed by atoms with Crippen LogP contribution >= 0.6 is 0 Å². The Labute approximate surface area is 63.4 Å². The maximum atomic E-state index is 5.16. The molecule has 10 heavy (non-hydrogen) atoms. The van der Waals surface area contributed by atoms with E-state index in [0.717, 1.165) is 24.4 Å². The van der Waals surface area contributed by atoms with Crippen molar-refractivity contribution in [3.05, 3.63) is 24.7 Å². The minimum Gasteiger partial charge on any atom is -0.468 e. The van der Waals surface area contributed by atoms with E-state index in [2.05, 4.69) is 20.1 Å². The zero-order valence-electron chi connectivity index (χ0n) is 6.94. The maximum Gasteiger partial charge on any atom is 0.0964 e. The zero-order valence-corrected chi connectivity index (χ0v) is 6.94. The van der Waals surface area contributed by atoms with E-state index in [-0.39, 0.29) is 0 Å². The Bertz CT molecular complexity index is 125. The molecule has 0 saturated heterocycles. The van der Waals surface area contributed by atoms with Crippen molar-refractivity contribution in [2.24, 2.45) is 0 Å². The van der Waals surface area contributed by atoms with E-state index >= 15 is 0 Å². The second kappa shape index (κ2) is 5.10. The molecule has 0 aromatic heterocycles. The Morgan fingerprint density at radius 2 is 2.00 bits per heavy atom. The number of ether oxygens (including phenoxy) is 1. The van der Waals surface area contributed by atoms with Crippen LogP contribution in [-0.4, -0.2) is 0 Å². The van der Waals surface area contributed by atoms with Gasteiger partial charge in [-0.25, -0.2) is 0 Å². The molecule has 0 atom stereocenters. The molecule has 0 bridgehead atoms. The first-order chi connectivity index (χ1) is 4.66. The molecule has 1 heteroatoms. The van der Waals surface area contributed by atoms with Crippen LogP contribution in [0.5, 0.6) is 0 Å². The van der Waals surface area contributed by atoms with Crippen LogP contribution in [0.15, 0.2) is 24.7 Å².